The van der Waals surface area contributed by atoms with Crippen LogP contribution in [0.15, 0.2) is 59.5 Å². The third-order valence-corrected chi connectivity index (χ3v) is 3.87. The van der Waals surface area contributed by atoms with Crippen molar-refractivity contribution >= 4 is 11.8 Å². The molecule has 0 radical (unpaired) electrons. The maximum atomic E-state index is 6.23. The molecule has 1 nitrogen and oxygen atoms in total. The summed E-state index contributed by atoms with van der Waals surface area (Å²) in [5, 5.41) is 0. The van der Waals surface area contributed by atoms with Crippen molar-refractivity contribution in [1.29, 1.82) is 0 Å². The van der Waals surface area contributed by atoms with Crippen LogP contribution in [0, 0.1) is 0 Å². The van der Waals surface area contributed by atoms with Gasteiger partial charge in [0.15, 0.2) is 0 Å². The van der Waals surface area contributed by atoms with Crippen LogP contribution in [0.25, 0.3) is 0 Å². The molecule has 2 heteroatoms. The lowest BCUT2D eigenvalue weighted by Gasteiger charge is -2.12. The summed E-state index contributed by atoms with van der Waals surface area (Å²) in [6, 6.07) is 19.2. The smallest absolute Gasteiger partial charge is 0.0298 e. The number of nitrogens with two attached hydrogens (primary N) is 1. The lowest BCUT2D eigenvalue weighted by atomic mass is 10.00. The Morgan fingerprint density at radius 2 is 1.67 bits per heavy atom. The molecule has 1 unspecified atom stereocenters. The maximum absolute atomic E-state index is 6.23. The lowest BCUT2D eigenvalue weighted by molar-refractivity contribution is 0.651. The normalized spacial score (nSPS) is 12.3. The predicted octanol–water partition coefficient (Wildman–Crippen LogP) is 4.04. The summed E-state index contributed by atoms with van der Waals surface area (Å²) in [6.07, 6.45) is 4.11. The van der Waals surface area contributed by atoms with E-state index >= 15 is 0 Å². The zero-order chi connectivity index (χ0) is 12.8. The molecular formula is C16H19NS. The van der Waals surface area contributed by atoms with Crippen molar-refractivity contribution in [3.63, 3.8) is 0 Å². The monoisotopic (exact) mass is 257 g/mol. The molecule has 18 heavy (non-hydrogen) atoms. The molecule has 0 aliphatic rings. The van der Waals surface area contributed by atoms with E-state index in [1.54, 1.807) is 11.8 Å². The highest BCUT2D eigenvalue weighted by Crippen LogP contribution is 2.20. The molecule has 0 aromatic heterocycles. The average molecular weight is 257 g/mol. The number of hydrogen-bond acceptors (Lipinski definition) is 2. The molecule has 0 spiro atoms. The van der Waals surface area contributed by atoms with Crippen LogP contribution in [0.3, 0.4) is 0 Å². The Balaban J connectivity index is 1.93. The van der Waals surface area contributed by atoms with E-state index in [1.165, 1.54) is 16.0 Å². The molecule has 1 atom stereocenters. The maximum Gasteiger partial charge on any atom is 0.0298 e. The van der Waals surface area contributed by atoms with Gasteiger partial charge in [-0.3, -0.25) is 0 Å². The summed E-state index contributed by atoms with van der Waals surface area (Å²) >= 11 is 1.76. The second-order valence-corrected chi connectivity index (χ2v) is 5.28. The van der Waals surface area contributed by atoms with Gasteiger partial charge in [0, 0.05) is 10.9 Å². The number of hydrogen-bond donors (Lipinski definition) is 1. The Morgan fingerprint density at radius 1 is 1.00 bits per heavy atom. The third kappa shape index (κ3) is 3.62. The highest BCUT2D eigenvalue weighted by Gasteiger charge is 2.06. The SMILES string of the molecule is CSc1ccc(C(N)CCc2ccccc2)cc1. The number of thioether (sulfide) groups is 1. The Kier molecular flexibility index (Phi) is 4.85. The summed E-state index contributed by atoms with van der Waals surface area (Å²) < 4.78 is 0. The van der Waals surface area contributed by atoms with Crippen molar-refractivity contribution in [2.24, 2.45) is 5.73 Å². The van der Waals surface area contributed by atoms with Crippen LogP contribution in [-0.2, 0) is 6.42 Å². The summed E-state index contributed by atoms with van der Waals surface area (Å²) in [5.74, 6) is 0. The van der Waals surface area contributed by atoms with Gasteiger partial charge in [0.1, 0.15) is 0 Å². The van der Waals surface area contributed by atoms with E-state index in [0.29, 0.717) is 0 Å². The first-order valence-corrected chi connectivity index (χ1v) is 7.45. The molecule has 0 aliphatic heterocycles. The van der Waals surface area contributed by atoms with E-state index in [9.17, 15) is 0 Å². The molecule has 2 aromatic rings. The van der Waals surface area contributed by atoms with Crippen molar-refractivity contribution in [3.8, 4) is 0 Å². The van der Waals surface area contributed by atoms with Crippen molar-refractivity contribution in [1.82, 2.24) is 0 Å². The van der Waals surface area contributed by atoms with Crippen LogP contribution in [-0.4, -0.2) is 6.26 Å². The largest absolute Gasteiger partial charge is 0.324 e. The fraction of sp³-hybridized carbons (Fsp3) is 0.250. The van der Waals surface area contributed by atoms with Gasteiger partial charge in [-0.2, -0.15) is 0 Å². The van der Waals surface area contributed by atoms with Gasteiger partial charge in [-0.05, 0) is 42.4 Å². The minimum absolute atomic E-state index is 0.126. The summed E-state index contributed by atoms with van der Waals surface area (Å²) in [6.45, 7) is 0. The van der Waals surface area contributed by atoms with E-state index in [-0.39, 0.29) is 6.04 Å². The van der Waals surface area contributed by atoms with Crippen LogP contribution < -0.4 is 5.73 Å². The van der Waals surface area contributed by atoms with E-state index in [0.717, 1.165) is 12.8 Å². The van der Waals surface area contributed by atoms with Gasteiger partial charge < -0.3 is 5.73 Å². The molecule has 0 amide bonds. The van der Waals surface area contributed by atoms with Gasteiger partial charge in [0.2, 0.25) is 0 Å². The van der Waals surface area contributed by atoms with Gasteiger partial charge in [-0.1, -0.05) is 42.5 Å². The molecule has 2 N–H and O–H groups in total. The predicted molar refractivity (Wildman–Crippen MR) is 79.9 cm³/mol. The van der Waals surface area contributed by atoms with E-state index in [2.05, 4.69) is 54.8 Å². The van der Waals surface area contributed by atoms with E-state index in [1.807, 2.05) is 6.07 Å². The van der Waals surface area contributed by atoms with Crippen LogP contribution in [0.5, 0.6) is 0 Å². The van der Waals surface area contributed by atoms with Crippen molar-refractivity contribution < 1.29 is 0 Å². The molecule has 0 saturated carbocycles. The van der Waals surface area contributed by atoms with Crippen molar-refractivity contribution in [2.45, 2.75) is 23.8 Å². The fourth-order valence-electron chi connectivity index (χ4n) is 1.98. The molecule has 0 heterocycles. The Bertz CT molecular complexity index is 464. The summed E-state index contributed by atoms with van der Waals surface area (Å²) in [5.41, 5.74) is 8.81. The second-order valence-electron chi connectivity index (χ2n) is 4.40. The quantitative estimate of drug-likeness (QED) is 0.818. The van der Waals surface area contributed by atoms with Crippen LogP contribution in [0.1, 0.15) is 23.6 Å². The number of rotatable bonds is 5. The standard InChI is InChI=1S/C16H19NS/c1-18-15-10-8-14(9-11-15)16(17)12-7-13-5-3-2-4-6-13/h2-6,8-11,16H,7,12,17H2,1H3. The highest BCUT2D eigenvalue weighted by atomic mass is 32.2. The lowest BCUT2D eigenvalue weighted by Crippen LogP contribution is -2.11. The first-order chi connectivity index (χ1) is 8.79. The van der Waals surface area contributed by atoms with Crippen molar-refractivity contribution in [2.75, 3.05) is 6.26 Å². The summed E-state index contributed by atoms with van der Waals surface area (Å²) in [4.78, 5) is 1.29. The molecule has 0 bridgehead atoms. The first kappa shape index (κ1) is 13.2. The van der Waals surface area contributed by atoms with Crippen molar-refractivity contribution in [3.05, 3.63) is 65.7 Å². The zero-order valence-electron chi connectivity index (χ0n) is 10.7. The molecular weight excluding hydrogens is 238 g/mol. The number of benzene rings is 2. The van der Waals surface area contributed by atoms with Gasteiger partial charge in [-0.15, -0.1) is 11.8 Å². The molecule has 2 aromatic carbocycles. The summed E-state index contributed by atoms with van der Waals surface area (Å²) in [7, 11) is 0. The number of aryl methyl sites for hydroxylation is 1. The van der Waals surface area contributed by atoms with Gasteiger partial charge in [0.05, 0.1) is 0 Å². The molecule has 0 fully saturated rings. The van der Waals surface area contributed by atoms with E-state index in [4.69, 9.17) is 5.73 Å². The minimum atomic E-state index is 0.126. The van der Waals surface area contributed by atoms with E-state index < -0.39 is 0 Å². The zero-order valence-corrected chi connectivity index (χ0v) is 11.5. The molecule has 2 rings (SSSR count). The fourth-order valence-corrected chi connectivity index (χ4v) is 2.39. The van der Waals surface area contributed by atoms with Gasteiger partial charge in [-0.25, -0.2) is 0 Å². The van der Waals surface area contributed by atoms with Crippen LogP contribution in [0.4, 0.5) is 0 Å². The Hall–Kier alpha value is -1.25. The topological polar surface area (TPSA) is 26.0 Å². The third-order valence-electron chi connectivity index (χ3n) is 3.13. The minimum Gasteiger partial charge on any atom is -0.324 e. The Labute approximate surface area is 113 Å². The van der Waals surface area contributed by atoms with Crippen LogP contribution >= 0.6 is 11.8 Å². The molecule has 94 valence electrons. The highest BCUT2D eigenvalue weighted by molar-refractivity contribution is 7.98. The second kappa shape index (κ2) is 6.62. The molecule has 0 saturated heterocycles. The first-order valence-electron chi connectivity index (χ1n) is 6.23. The Morgan fingerprint density at radius 3 is 2.28 bits per heavy atom. The van der Waals surface area contributed by atoms with Gasteiger partial charge >= 0.3 is 0 Å². The van der Waals surface area contributed by atoms with Crippen LogP contribution in [0.2, 0.25) is 0 Å². The average Bonchev–Trinajstić information content (AvgIpc) is 2.46. The molecule has 0 aliphatic carbocycles. The van der Waals surface area contributed by atoms with Gasteiger partial charge in [0.25, 0.3) is 0 Å².